The Bertz CT molecular complexity index is 224. The molecule has 0 nitrogen and oxygen atoms in total. The number of hydrogen-bond donors (Lipinski definition) is 0. The van der Waals surface area contributed by atoms with E-state index in [0.29, 0.717) is 11.8 Å². The van der Waals surface area contributed by atoms with Crippen LogP contribution in [0.3, 0.4) is 0 Å². The highest BCUT2D eigenvalue weighted by molar-refractivity contribution is 9.15. The molecule has 0 aliphatic heterocycles. The summed E-state index contributed by atoms with van der Waals surface area (Å²) in [6.45, 7) is 0. The highest BCUT2D eigenvalue weighted by atomic mass is 79.9. The van der Waals surface area contributed by atoms with Crippen LogP contribution in [0.25, 0.3) is 0 Å². The molecule has 0 saturated heterocycles. The molecule has 0 aromatic heterocycles. The van der Waals surface area contributed by atoms with Gasteiger partial charge < -0.3 is 0 Å². The van der Waals surface area contributed by atoms with Gasteiger partial charge in [-0.1, -0.05) is 63.7 Å². The van der Waals surface area contributed by atoms with E-state index < -0.39 is 0 Å². The van der Waals surface area contributed by atoms with Gasteiger partial charge in [0.2, 0.25) is 0 Å². The van der Waals surface area contributed by atoms with E-state index in [0.717, 1.165) is 0 Å². The van der Waals surface area contributed by atoms with Crippen molar-refractivity contribution in [2.24, 2.45) is 11.8 Å². The summed E-state index contributed by atoms with van der Waals surface area (Å²) in [5.74, 6) is 1.12. The fourth-order valence-electron chi connectivity index (χ4n) is 1.54. The molecule has 0 saturated carbocycles. The van der Waals surface area contributed by atoms with Crippen molar-refractivity contribution in [1.29, 1.82) is 0 Å². The normalized spacial score (nSPS) is 36.0. The minimum Gasteiger partial charge on any atom is -0.0541 e. The van der Waals surface area contributed by atoms with Crippen LogP contribution in [0.15, 0.2) is 17.9 Å². The van der Waals surface area contributed by atoms with Gasteiger partial charge in [-0.05, 0) is 6.42 Å². The molecule has 0 N–H and O–H groups in total. The second kappa shape index (κ2) is 2.96. The van der Waals surface area contributed by atoms with E-state index in [2.05, 4.69) is 63.7 Å². The van der Waals surface area contributed by atoms with Gasteiger partial charge in [0.1, 0.15) is 0 Å². The average molecular weight is 408 g/mol. The Labute approximate surface area is 99.0 Å². The van der Waals surface area contributed by atoms with E-state index in [1.165, 1.54) is 24.4 Å². The Morgan fingerprint density at radius 3 is 1.18 bits per heavy atom. The van der Waals surface area contributed by atoms with Crippen LogP contribution < -0.4 is 0 Å². The van der Waals surface area contributed by atoms with Crippen molar-refractivity contribution >= 4 is 63.7 Å². The van der Waals surface area contributed by atoms with Crippen LogP contribution in [-0.2, 0) is 0 Å². The summed E-state index contributed by atoms with van der Waals surface area (Å²) < 4.78 is 5.21. The molecule has 0 aromatic carbocycles. The Morgan fingerprint density at radius 1 is 0.727 bits per heavy atom. The van der Waals surface area contributed by atoms with Crippen LogP contribution in [0.4, 0.5) is 0 Å². The Morgan fingerprint density at radius 2 is 1.00 bits per heavy atom. The van der Waals surface area contributed by atoms with E-state index in [4.69, 9.17) is 0 Å². The smallest absolute Gasteiger partial charge is 0.0247 e. The van der Waals surface area contributed by atoms with Crippen LogP contribution in [0.1, 0.15) is 6.42 Å². The van der Waals surface area contributed by atoms with Crippen molar-refractivity contribution in [3.8, 4) is 0 Å². The first-order chi connectivity index (χ1) is 5.13. The van der Waals surface area contributed by atoms with E-state index in [-0.39, 0.29) is 0 Å². The summed E-state index contributed by atoms with van der Waals surface area (Å²) in [5.41, 5.74) is 0. The minimum absolute atomic E-state index is 0.559. The van der Waals surface area contributed by atoms with Gasteiger partial charge in [0.05, 0.1) is 0 Å². The van der Waals surface area contributed by atoms with Gasteiger partial charge >= 0.3 is 0 Å². The summed E-state index contributed by atoms with van der Waals surface area (Å²) in [5, 5.41) is 0. The summed E-state index contributed by atoms with van der Waals surface area (Å²) >= 11 is 14.3. The summed E-state index contributed by atoms with van der Waals surface area (Å²) in [6, 6.07) is 0. The molecule has 0 spiro atoms. The molecular weight excluding hydrogens is 404 g/mol. The molecule has 0 amide bonds. The minimum atomic E-state index is 0.559. The second-order valence-electron chi connectivity index (χ2n) is 2.73. The van der Waals surface area contributed by atoms with E-state index in [1.54, 1.807) is 0 Å². The van der Waals surface area contributed by atoms with Crippen LogP contribution in [0.2, 0.25) is 0 Å². The summed E-state index contributed by atoms with van der Waals surface area (Å²) in [4.78, 5) is 0. The van der Waals surface area contributed by atoms with Crippen molar-refractivity contribution in [3.05, 3.63) is 17.9 Å². The van der Waals surface area contributed by atoms with Gasteiger partial charge in [0.25, 0.3) is 0 Å². The topological polar surface area (TPSA) is 0 Å². The molecule has 0 heterocycles. The Hall–Kier alpha value is 1.40. The zero-order valence-corrected chi connectivity index (χ0v) is 11.7. The monoisotopic (exact) mass is 404 g/mol. The van der Waals surface area contributed by atoms with E-state index in [1.807, 2.05) is 0 Å². The molecule has 60 valence electrons. The quantitative estimate of drug-likeness (QED) is 0.549. The molecule has 11 heavy (non-hydrogen) atoms. The molecule has 2 aliphatic rings. The fraction of sp³-hybridized carbons (Fsp3) is 0.429. The van der Waals surface area contributed by atoms with Gasteiger partial charge in [-0.25, -0.2) is 0 Å². The standard InChI is InChI=1S/C7H4Br4/c8-4-2-1-3(6(4)10)7(11)5(2)9/h2-3H,1H2. The highest BCUT2D eigenvalue weighted by Crippen LogP contribution is 2.58. The molecule has 0 atom stereocenters. The Balaban J connectivity index is 2.46. The zero-order chi connectivity index (χ0) is 8.17. The van der Waals surface area contributed by atoms with E-state index >= 15 is 0 Å². The van der Waals surface area contributed by atoms with Gasteiger partial charge in [-0.2, -0.15) is 0 Å². The second-order valence-corrected chi connectivity index (χ2v) is 6.15. The van der Waals surface area contributed by atoms with Crippen molar-refractivity contribution in [2.75, 3.05) is 0 Å². The third kappa shape index (κ3) is 1.17. The lowest BCUT2D eigenvalue weighted by molar-refractivity contribution is 0.720. The SMILES string of the molecule is BrC1=C(Br)C2CC1C(Br)=C2Br. The first kappa shape index (κ1) is 8.97. The van der Waals surface area contributed by atoms with Crippen molar-refractivity contribution in [2.45, 2.75) is 6.42 Å². The maximum Gasteiger partial charge on any atom is 0.0247 e. The van der Waals surface area contributed by atoms with Crippen LogP contribution in [0, 0.1) is 11.8 Å². The maximum atomic E-state index is 3.58. The van der Waals surface area contributed by atoms with Crippen LogP contribution >= 0.6 is 63.7 Å². The molecule has 0 fully saturated rings. The highest BCUT2D eigenvalue weighted by Gasteiger charge is 2.41. The van der Waals surface area contributed by atoms with Crippen molar-refractivity contribution < 1.29 is 0 Å². The van der Waals surface area contributed by atoms with E-state index in [9.17, 15) is 0 Å². The molecule has 2 aliphatic carbocycles. The number of halogens is 4. The number of rotatable bonds is 0. The molecule has 0 radical (unpaired) electrons. The van der Waals surface area contributed by atoms with Crippen LogP contribution in [-0.4, -0.2) is 0 Å². The van der Waals surface area contributed by atoms with Crippen LogP contribution in [0.5, 0.6) is 0 Å². The van der Waals surface area contributed by atoms with Gasteiger partial charge in [-0.15, -0.1) is 0 Å². The first-order valence-corrected chi connectivity index (χ1v) is 6.40. The fourth-order valence-corrected chi connectivity index (χ4v) is 4.92. The van der Waals surface area contributed by atoms with Gasteiger partial charge in [-0.3, -0.25) is 0 Å². The predicted octanol–water partition coefficient (Wildman–Crippen LogP) is 4.64. The molecule has 2 rings (SSSR count). The Kier molecular flexibility index (Phi) is 2.42. The largest absolute Gasteiger partial charge is 0.0541 e. The lowest BCUT2D eigenvalue weighted by atomic mass is 10.2. The molecule has 0 aromatic rings. The molecule has 2 bridgehead atoms. The maximum absolute atomic E-state index is 3.58. The first-order valence-electron chi connectivity index (χ1n) is 3.23. The molecular formula is C7H4Br4. The number of hydrogen-bond acceptors (Lipinski definition) is 0. The van der Waals surface area contributed by atoms with Gasteiger partial charge in [0.15, 0.2) is 0 Å². The summed E-state index contributed by atoms with van der Waals surface area (Å²) in [6.07, 6.45) is 1.20. The number of allylic oxidation sites excluding steroid dienone is 4. The van der Waals surface area contributed by atoms with Crippen molar-refractivity contribution in [1.82, 2.24) is 0 Å². The third-order valence-electron chi connectivity index (χ3n) is 2.15. The lowest BCUT2D eigenvalue weighted by Crippen LogP contribution is -1.94. The predicted molar refractivity (Wildman–Crippen MR) is 61.4 cm³/mol. The lowest BCUT2D eigenvalue weighted by Gasteiger charge is -2.11. The third-order valence-corrected chi connectivity index (χ3v) is 7.13. The van der Waals surface area contributed by atoms with Gasteiger partial charge in [0, 0.05) is 29.8 Å². The summed E-state index contributed by atoms with van der Waals surface area (Å²) in [7, 11) is 0. The zero-order valence-electron chi connectivity index (χ0n) is 5.37. The average Bonchev–Trinajstić information content (AvgIpc) is 2.40. The number of fused-ring (bicyclic) bond motifs is 2. The van der Waals surface area contributed by atoms with Crippen molar-refractivity contribution in [3.63, 3.8) is 0 Å². The molecule has 0 unspecified atom stereocenters. The molecule has 4 heteroatoms.